The number of aliphatic hydroxyl groups is 1. The number of hydrogen-bond donors (Lipinski definition) is 2. The van der Waals surface area contributed by atoms with E-state index in [0.29, 0.717) is 17.3 Å². The van der Waals surface area contributed by atoms with Crippen LogP contribution in [0.25, 0.3) is 11.3 Å². The van der Waals surface area contributed by atoms with Gasteiger partial charge in [0.15, 0.2) is 0 Å². The van der Waals surface area contributed by atoms with Gasteiger partial charge in [0.1, 0.15) is 40.8 Å². The maximum absolute atomic E-state index is 14.6. The highest BCUT2D eigenvalue weighted by atomic mass is 19.1. The summed E-state index contributed by atoms with van der Waals surface area (Å²) in [6.07, 6.45) is 1.28. The van der Waals surface area contributed by atoms with Gasteiger partial charge in [-0.3, -0.25) is 0 Å². The lowest BCUT2D eigenvalue weighted by molar-refractivity contribution is -0.0185. The van der Waals surface area contributed by atoms with E-state index < -0.39 is 23.2 Å². The third-order valence-corrected chi connectivity index (χ3v) is 5.03. The Morgan fingerprint density at radius 3 is 2.57 bits per heavy atom. The van der Waals surface area contributed by atoms with E-state index in [9.17, 15) is 19.0 Å². The van der Waals surface area contributed by atoms with Gasteiger partial charge in [-0.25, -0.2) is 13.5 Å². The van der Waals surface area contributed by atoms with E-state index in [2.05, 4.69) is 20.7 Å². The summed E-state index contributed by atoms with van der Waals surface area (Å²) in [6, 6.07) is 10.9. The Balaban J connectivity index is 1.74. The van der Waals surface area contributed by atoms with Crippen LogP contribution in [0.2, 0.25) is 0 Å². The van der Waals surface area contributed by atoms with Crippen molar-refractivity contribution >= 4 is 0 Å². The van der Waals surface area contributed by atoms with Gasteiger partial charge in [0, 0.05) is 23.3 Å². The second-order valence-electron chi connectivity index (χ2n) is 6.94. The minimum Gasteiger partial charge on any atom is -0.508 e. The van der Waals surface area contributed by atoms with Gasteiger partial charge < -0.3 is 14.7 Å². The highest BCUT2D eigenvalue weighted by molar-refractivity contribution is 5.60. The molecular formula is C20H17F2N5O3. The van der Waals surface area contributed by atoms with Gasteiger partial charge in [-0.1, -0.05) is 18.1 Å². The Hall–Kier alpha value is -3.66. The molecule has 0 unspecified atom stereocenters. The Labute approximate surface area is 169 Å². The van der Waals surface area contributed by atoms with Crippen molar-refractivity contribution in [3.05, 3.63) is 77.8 Å². The van der Waals surface area contributed by atoms with Crippen LogP contribution in [-0.2, 0) is 12.1 Å². The summed E-state index contributed by atoms with van der Waals surface area (Å²) in [7, 11) is 0. The Morgan fingerprint density at radius 1 is 1.13 bits per heavy atom. The quantitative estimate of drug-likeness (QED) is 0.500. The third-order valence-electron chi connectivity index (χ3n) is 5.03. The molecule has 30 heavy (non-hydrogen) atoms. The average Bonchev–Trinajstić information content (AvgIpc) is 3.40. The molecule has 8 nitrogen and oxygen atoms in total. The lowest BCUT2D eigenvalue weighted by atomic mass is 9.80. The predicted molar refractivity (Wildman–Crippen MR) is 100 cm³/mol. The molecule has 0 saturated carbocycles. The van der Waals surface area contributed by atoms with Crippen molar-refractivity contribution < 1.29 is 23.5 Å². The van der Waals surface area contributed by atoms with E-state index in [1.165, 1.54) is 29.2 Å². The fourth-order valence-corrected chi connectivity index (χ4v) is 3.29. The second-order valence-corrected chi connectivity index (χ2v) is 6.94. The summed E-state index contributed by atoms with van der Waals surface area (Å²) < 4.78 is 34.8. The molecule has 2 aromatic heterocycles. The molecule has 0 spiro atoms. The zero-order valence-electron chi connectivity index (χ0n) is 15.8. The molecule has 0 aliphatic carbocycles. The fraction of sp³-hybridized carbons (Fsp3) is 0.200. The van der Waals surface area contributed by atoms with Crippen LogP contribution < -0.4 is 0 Å². The summed E-state index contributed by atoms with van der Waals surface area (Å²) >= 11 is 0. The highest BCUT2D eigenvalue weighted by Gasteiger charge is 2.42. The van der Waals surface area contributed by atoms with E-state index in [-0.39, 0.29) is 23.6 Å². The Bertz CT molecular complexity index is 1150. The Kier molecular flexibility index (Phi) is 5.00. The molecule has 0 radical (unpaired) electrons. The number of benzene rings is 2. The molecule has 10 heteroatoms. The second kappa shape index (κ2) is 7.64. The molecule has 0 saturated heterocycles. The number of rotatable bonds is 6. The van der Waals surface area contributed by atoms with E-state index in [0.717, 1.165) is 6.07 Å². The van der Waals surface area contributed by atoms with E-state index in [4.69, 9.17) is 4.52 Å². The highest BCUT2D eigenvalue weighted by Crippen LogP contribution is 2.40. The number of aromatic hydroxyl groups is 1. The number of phenolic OH excluding ortho intramolecular Hbond substituents is 1. The van der Waals surface area contributed by atoms with Crippen molar-refractivity contribution in [2.24, 2.45) is 0 Å². The molecule has 2 N–H and O–H groups in total. The molecule has 2 aromatic carbocycles. The van der Waals surface area contributed by atoms with Crippen molar-refractivity contribution in [2.45, 2.75) is 25.0 Å². The van der Waals surface area contributed by atoms with Crippen LogP contribution >= 0.6 is 0 Å². The largest absolute Gasteiger partial charge is 0.508 e. The number of halogens is 2. The molecule has 4 aromatic rings. The van der Waals surface area contributed by atoms with Crippen molar-refractivity contribution in [2.75, 3.05) is 0 Å². The lowest BCUT2D eigenvalue weighted by Gasteiger charge is -2.33. The van der Waals surface area contributed by atoms with Gasteiger partial charge in [-0.15, -0.1) is 5.10 Å². The first-order valence-electron chi connectivity index (χ1n) is 9.01. The minimum atomic E-state index is -1.88. The summed E-state index contributed by atoms with van der Waals surface area (Å²) in [6.45, 7) is 1.42. The molecule has 0 amide bonds. The van der Waals surface area contributed by atoms with Crippen molar-refractivity contribution in [1.82, 2.24) is 25.4 Å². The number of hydrogen-bond acceptors (Lipinski definition) is 7. The van der Waals surface area contributed by atoms with Crippen LogP contribution in [0.1, 0.15) is 24.2 Å². The maximum Gasteiger partial charge on any atom is 0.143 e. The molecular weight excluding hydrogens is 396 g/mol. The topological polar surface area (TPSA) is 110 Å². The van der Waals surface area contributed by atoms with Crippen LogP contribution in [0, 0.1) is 11.6 Å². The van der Waals surface area contributed by atoms with Crippen LogP contribution in [0.5, 0.6) is 5.75 Å². The SMILES string of the molecule is C[C@@H](c1cc(-c2ccc(O)cc2)no1)[C@](O)(Cn1cnnn1)c1ccc(F)cc1F. The first-order valence-corrected chi connectivity index (χ1v) is 9.01. The maximum atomic E-state index is 14.6. The van der Waals surface area contributed by atoms with Crippen molar-refractivity contribution in [3.8, 4) is 17.0 Å². The standard InChI is InChI=1S/C20H17F2N5O3/c1-12(19-9-18(24-30-19)13-2-5-15(28)6-3-13)20(29,10-27-11-23-25-26-27)16-7-4-14(21)8-17(16)22/h2-9,11-12,28-29H,10H2,1H3/t12-,20+/m0/s1. The third kappa shape index (κ3) is 3.64. The number of aromatic nitrogens is 5. The van der Waals surface area contributed by atoms with E-state index in [1.54, 1.807) is 25.1 Å². The lowest BCUT2D eigenvalue weighted by Crippen LogP contribution is -2.38. The molecule has 4 rings (SSSR count). The molecule has 2 atom stereocenters. The monoisotopic (exact) mass is 413 g/mol. The number of phenols is 1. The predicted octanol–water partition coefficient (Wildman–Crippen LogP) is 3.00. The minimum absolute atomic E-state index is 0.110. The van der Waals surface area contributed by atoms with Gasteiger partial charge in [-0.05, 0) is 40.8 Å². The smallest absolute Gasteiger partial charge is 0.143 e. The first kappa shape index (κ1) is 19.6. The molecule has 0 aliphatic rings. The molecule has 0 bridgehead atoms. The van der Waals surface area contributed by atoms with Crippen LogP contribution in [0.3, 0.4) is 0 Å². The molecule has 154 valence electrons. The number of tetrazole rings is 1. The van der Waals surface area contributed by atoms with Crippen molar-refractivity contribution in [3.63, 3.8) is 0 Å². The van der Waals surface area contributed by atoms with E-state index >= 15 is 0 Å². The van der Waals surface area contributed by atoms with Crippen LogP contribution in [0.4, 0.5) is 8.78 Å². The zero-order valence-corrected chi connectivity index (χ0v) is 15.8. The first-order chi connectivity index (χ1) is 14.4. The average molecular weight is 413 g/mol. The van der Waals surface area contributed by atoms with Crippen LogP contribution in [-0.4, -0.2) is 35.6 Å². The van der Waals surface area contributed by atoms with Crippen LogP contribution in [0.15, 0.2) is 59.4 Å². The number of nitrogens with zero attached hydrogens (tertiary/aromatic N) is 5. The summed E-state index contributed by atoms with van der Waals surface area (Å²) in [5.41, 5.74) is -0.846. The van der Waals surface area contributed by atoms with Gasteiger partial charge in [-0.2, -0.15) is 0 Å². The van der Waals surface area contributed by atoms with Gasteiger partial charge >= 0.3 is 0 Å². The summed E-state index contributed by atoms with van der Waals surface area (Å²) in [5.74, 6) is -2.09. The van der Waals surface area contributed by atoms with Gasteiger partial charge in [0.05, 0.1) is 12.5 Å². The van der Waals surface area contributed by atoms with Gasteiger partial charge in [0.2, 0.25) is 0 Å². The Morgan fingerprint density at radius 2 is 1.90 bits per heavy atom. The zero-order chi connectivity index (χ0) is 21.3. The van der Waals surface area contributed by atoms with E-state index in [1.807, 2.05) is 0 Å². The summed E-state index contributed by atoms with van der Waals surface area (Å²) in [5, 5.41) is 35.8. The fourth-order valence-electron chi connectivity index (χ4n) is 3.29. The summed E-state index contributed by atoms with van der Waals surface area (Å²) in [4.78, 5) is 0. The van der Waals surface area contributed by atoms with Gasteiger partial charge in [0.25, 0.3) is 0 Å². The molecule has 0 aliphatic heterocycles. The molecule has 2 heterocycles. The van der Waals surface area contributed by atoms with Crippen molar-refractivity contribution in [1.29, 1.82) is 0 Å². The molecule has 0 fully saturated rings. The normalized spacial score (nSPS) is 14.4.